The molecule has 0 saturated carbocycles. The van der Waals surface area contributed by atoms with E-state index >= 15 is 0 Å². The zero-order chi connectivity index (χ0) is 12.2. The lowest BCUT2D eigenvalue weighted by Gasteiger charge is -2.18. The van der Waals surface area contributed by atoms with Gasteiger partial charge in [-0.2, -0.15) is 0 Å². The molecule has 0 spiro atoms. The lowest BCUT2D eigenvalue weighted by Crippen LogP contribution is -2.02. The van der Waals surface area contributed by atoms with Gasteiger partial charge in [-0.15, -0.1) is 0 Å². The second-order valence-electron chi connectivity index (χ2n) is 4.21. The van der Waals surface area contributed by atoms with Crippen molar-refractivity contribution in [1.29, 1.82) is 0 Å². The molecule has 2 atom stereocenters. The Morgan fingerprint density at radius 2 is 1.06 bits per heavy atom. The monoisotopic (exact) mass is 238 g/mol. The van der Waals surface area contributed by atoms with Crippen LogP contribution in [0, 0.1) is 0 Å². The third-order valence-electron chi connectivity index (χ3n) is 3.00. The fourth-order valence-corrected chi connectivity index (χ4v) is 2.03. The van der Waals surface area contributed by atoms with Crippen LogP contribution in [0.1, 0.15) is 23.3 Å². The average Bonchev–Trinajstić information content (AvgIpc) is 2.49. The zero-order valence-corrected chi connectivity index (χ0v) is 9.90. The first-order chi connectivity index (χ1) is 8.93. The highest BCUT2D eigenvalue weighted by atomic mass is 16.5. The van der Waals surface area contributed by atoms with Crippen molar-refractivity contribution in [2.45, 2.75) is 12.2 Å². The van der Waals surface area contributed by atoms with Gasteiger partial charge in [-0.1, -0.05) is 36.4 Å². The average molecular weight is 238 g/mol. The minimum Gasteiger partial charge on any atom is -0.489 e. The lowest BCUT2D eigenvalue weighted by atomic mass is 10.0. The predicted octanol–water partition coefficient (Wildman–Crippen LogP) is 3.97. The molecule has 1 aromatic carbocycles. The minimum absolute atomic E-state index is 0.0202. The van der Waals surface area contributed by atoms with Crippen LogP contribution in [-0.2, 0) is 9.47 Å². The van der Waals surface area contributed by atoms with E-state index in [0.717, 1.165) is 11.1 Å². The molecule has 90 valence electrons. The summed E-state index contributed by atoms with van der Waals surface area (Å²) in [6.07, 6.45) is 15.3. The van der Waals surface area contributed by atoms with Crippen LogP contribution < -0.4 is 0 Å². The molecule has 18 heavy (non-hydrogen) atoms. The fraction of sp³-hybridized carbons (Fsp3) is 0.125. The molecule has 3 rings (SSSR count). The Balaban J connectivity index is 1.76. The van der Waals surface area contributed by atoms with Crippen LogP contribution in [0.3, 0.4) is 0 Å². The summed E-state index contributed by atoms with van der Waals surface area (Å²) < 4.78 is 11.1. The van der Waals surface area contributed by atoms with Gasteiger partial charge in [-0.05, 0) is 35.4 Å². The Labute approximate surface area is 107 Å². The Hall–Kier alpha value is -2.22. The highest BCUT2D eigenvalue weighted by molar-refractivity contribution is 5.31. The maximum atomic E-state index is 5.53. The summed E-state index contributed by atoms with van der Waals surface area (Å²) in [6.45, 7) is 0. The predicted molar refractivity (Wildman–Crippen MR) is 70.7 cm³/mol. The molecule has 2 heteroatoms. The van der Waals surface area contributed by atoms with Crippen molar-refractivity contribution in [2.75, 3.05) is 0 Å². The van der Waals surface area contributed by atoms with E-state index in [-0.39, 0.29) is 12.2 Å². The summed E-state index contributed by atoms with van der Waals surface area (Å²) in [5.41, 5.74) is 2.30. The third kappa shape index (κ3) is 2.23. The summed E-state index contributed by atoms with van der Waals surface area (Å²) in [6, 6.07) is 8.33. The van der Waals surface area contributed by atoms with E-state index in [4.69, 9.17) is 9.47 Å². The number of allylic oxidation sites excluding steroid dienone is 4. The molecular weight excluding hydrogens is 224 g/mol. The number of hydrogen-bond acceptors (Lipinski definition) is 2. The molecule has 0 radical (unpaired) electrons. The molecule has 0 amide bonds. The van der Waals surface area contributed by atoms with Crippen molar-refractivity contribution in [2.24, 2.45) is 0 Å². The van der Waals surface area contributed by atoms with Gasteiger partial charge in [0.1, 0.15) is 12.2 Å². The second-order valence-corrected chi connectivity index (χ2v) is 4.21. The lowest BCUT2D eigenvalue weighted by molar-refractivity contribution is 0.183. The summed E-state index contributed by atoms with van der Waals surface area (Å²) in [7, 11) is 0. The fourth-order valence-electron chi connectivity index (χ4n) is 2.03. The SMILES string of the molecule is C1=COC(c2ccc(C3C=CC=CO3)cc2)C=C1. The van der Waals surface area contributed by atoms with Crippen LogP contribution in [0.2, 0.25) is 0 Å². The molecule has 0 aromatic heterocycles. The number of benzene rings is 1. The Kier molecular flexibility index (Phi) is 3.01. The standard InChI is InChI=1S/C16H14O2/c1-3-11-17-15(5-1)13-7-9-14(10-8-13)16-6-2-4-12-18-16/h1-12,15-16H. The van der Waals surface area contributed by atoms with Gasteiger partial charge in [-0.3, -0.25) is 0 Å². The van der Waals surface area contributed by atoms with Crippen molar-refractivity contribution in [1.82, 2.24) is 0 Å². The first kappa shape index (κ1) is 10.9. The van der Waals surface area contributed by atoms with Crippen LogP contribution >= 0.6 is 0 Å². The van der Waals surface area contributed by atoms with Crippen molar-refractivity contribution in [3.05, 3.63) is 84.4 Å². The molecule has 2 aliphatic rings. The van der Waals surface area contributed by atoms with Crippen LogP contribution in [0.25, 0.3) is 0 Å². The molecular formula is C16H14O2. The quantitative estimate of drug-likeness (QED) is 0.776. The van der Waals surface area contributed by atoms with E-state index in [2.05, 4.69) is 24.3 Å². The molecule has 1 aromatic rings. The van der Waals surface area contributed by atoms with Gasteiger partial charge in [0.05, 0.1) is 12.5 Å². The summed E-state index contributed by atoms with van der Waals surface area (Å²) >= 11 is 0. The molecule has 0 fully saturated rings. The van der Waals surface area contributed by atoms with E-state index in [0.29, 0.717) is 0 Å². The van der Waals surface area contributed by atoms with Gasteiger partial charge in [0.25, 0.3) is 0 Å². The Morgan fingerprint density at radius 1 is 0.611 bits per heavy atom. The highest BCUT2D eigenvalue weighted by Gasteiger charge is 2.12. The number of hydrogen-bond donors (Lipinski definition) is 0. The zero-order valence-electron chi connectivity index (χ0n) is 9.90. The van der Waals surface area contributed by atoms with Gasteiger partial charge in [-0.25, -0.2) is 0 Å². The highest BCUT2D eigenvalue weighted by Crippen LogP contribution is 2.26. The van der Waals surface area contributed by atoms with Gasteiger partial charge < -0.3 is 9.47 Å². The molecule has 0 N–H and O–H groups in total. The van der Waals surface area contributed by atoms with E-state index in [1.165, 1.54) is 0 Å². The van der Waals surface area contributed by atoms with Gasteiger partial charge in [0.2, 0.25) is 0 Å². The first-order valence-electron chi connectivity index (χ1n) is 6.01. The minimum atomic E-state index is 0.0202. The molecule has 0 bridgehead atoms. The topological polar surface area (TPSA) is 18.5 Å². The normalized spacial score (nSPS) is 24.7. The second kappa shape index (κ2) is 4.96. The smallest absolute Gasteiger partial charge is 0.141 e. The van der Waals surface area contributed by atoms with Crippen molar-refractivity contribution in [3.63, 3.8) is 0 Å². The van der Waals surface area contributed by atoms with Crippen LogP contribution in [-0.4, -0.2) is 0 Å². The maximum absolute atomic E-state index is 5.53. The van der Waals surface area contributed by atoms with Crippen molar-refractivity contribution < 1.29 is 9.47 Å². The van der Waals surface area contributed by atoms with E-state index in [1.807, 2.05) is 36.5 Å². The maximum Gasteiger partial charge on any atom is 0.141 e. The van der Waals surface area contributed by atoms with Gasteiger partial charge in [0, 0.05) is 0 Å². The van der Waals surface area contributed by atoms with Crippen LogP contribution in [0.15, 0.2) is 73.2 Å². The molecule has 2 heterocycles. The molecule has 0 saturated heterocycles. The molecule has 2 nitrogen and oxygen atoms in total. The van der Waals surface area contributed by atoms with Crippen LogP contribution in [0.4, 0.5) is 0 Å². The van der Waals surface area contributed by atoms with Gasteiger partial charge in [0.15, 0.2) is 0 Å². The van der Waals surface area contributed by atoms with E-state index in [1.54, 1.807) is 12.5 Å². The van der Waals surface area contributed by atoms with Crippen molar-refractivity contribution in [3.8, 4) is 0 Å². The van der Waals surface area contributed by atoms with Gasteiger partial charge >= 0.3 is 0 Å². The molecule has 2 aliphatic heterocycles. The molecule has 2 unspecified atom stereocenters. The Bertz CT molecular complexity index is 472. The van der Waals surface area contributed by atoms with E-state index in [9.17, 15) is 0 Å². The molecule has 0 aliphatic carbocycles. The largest absolute Gasteiger partial charge is 0.489 e. The summed E-state index contributed by atoms with van der Waals surface area (Å²) in [5, 5.41) is 0. The van der Waals surface area contributed by atoms with E-state index < -0.39 is 0 Å². The van der Waals surface area contributed by atoms with Crippen molar-refractivity contribution >= 4 is 0 Å². The number of rotatable bonds is 2. The third-order valence-corrected chi connectivity index (χ3v) is 3.00. The summed E-state index contributed by atoms with van der Waals surface area (Å²) in [4.78, 5) is 0. The first-order valence-corrected chi connectivity index (χ1v) is 6.01. The summed E-state index contributed by atoms with van der Waals surface area (Å²) in [5.74, 6) is 0. The number of ether oxygens (including phenoxy) is 2. The Morgan fingerprint density at radius 3 is 1.39 bits per heavy atom. The van der Waals surface area contributed by atoms with Crippen LogP contribution in [0.5, 0.6) is 0 Å².